The van der Waals surface area contributed by atoms with Crippen molar-refractivity contribution in [3.8, 4) is 11.5 Å². The quantitative estimate of drug-likeness (QED) is 0.488. The Labute approximate surface area is 191 Å². The molecule has 10 heteroatoms. The lowest BCUT2D eigenvalue weighted by Crippen LogP contribution is -2.51. The van der Waals surface area contributed by atoms with Crippen LogP contribution in [0.25, 0.3) is 11.5 Å². The summed E-state index contributed by atoms with van der Waals surface area (Å²) in [6, 6.07) is 16.9. The molecule has 1 amide bonds. The Morgan fingerprint density at radius 3 is 2.50 bits per heavy atom. The van der Waals surface area contributed by atoms with E-state index in [0.29, 0.717) is 37.3 Å². The molecule has 1 aromatic heterocycles. The third-order valence-electron chi connectivity index (χ3n) is 5.17. The molecule has 8 nitrogen and oxygen atoms in total. The molecule has 0 saturated carbocycles. The summed E-state index contributed by atoms with van der Waals surface area (Å²) < 4.78 is 32.5. The maximum absolute atomic E-state index is 12.7. The number of hydrogen-bond acceptors (Lipinski definition) is 7. The van der Waals surface area contributed by atoms with E-state index in [2.05, 4.69) is 10.2 Å². The number of aryl methyl sites for hydroxylation is 1. The Morgan fingerprint density at radius 2 is 1.78 bits per heavy atom. The van der Waals surface area contributed by atoms with Crippen LogP contribution in [0.5, 0.6) is 0 Å². The molecule has 0 spiro atoms. The number of aromatic nitrogens is 2. The van der Waals surface area contributed by atoms with Crippen LogP contribution in [0.2, 0.25) is 0 Å². The number of carbonyl (C=O) groups is 1. The molecule has 1 saturated heterocycles. The Bertz CT molecular complexity index is 1170. The first-order valence-electron chi connectivity index (χ1n) is 10.2. The van der Waals surface area contributed by atoms with Gasteiger partial charge in [-0.05, 0) is 24.6 Å². The molecule has 0 N–H and O–H groups in total. The summed E-state index contributed by atoms with van der Waals surface area (Å²) in [4.78, 5) is 14.3. The van der Waals surface area contributed by atoms with E-state index < -0.39 is 10.0 Å². The molecule has 1 fully saturated rings. The fourth-order valence-electron chi connectivity index (χ4n) is 3.47. The van der Waals surface area contributed by atoms with E-state index in [1.807, 2.05) is 49.4 Å². The Balaban J connectivity index is 1.27. The van der Waals surface area contributed by atoms with Crippen molar-refractivity contribution in [2.75, 3.05) is 31.9 Å². The Kier molecular flexibility index (Phi) is 6.92. The first kappa shape index (κ1) is 22.5. The summed E-state index contributed by atoms with van der Waals surface area (Å²) in [6.45, 7) is 3.31. The van der Waals surface area contributed by atoms with Crippen LogP contribution >= 0.6 is 11.8 Å². The molecule has 0 aliphatic carbocycles. The van der Waals surface area contributed by atoms with Crippen LogP contribution in [0.15, 0.2) is 64.2 Å². The van der Waals surface area contributed by atoms with Crippen LogP contribution in [-0.2, 0) is 20.6 Å². The summed E-state index contributed by atoms with van der Waals surface area (Å²) >= 11 is 1.19. The van der Waals surface area contributed by atoms with Crippen molar-refractivity contribution in [1.82, 2.24) is 19.4 Å². The van der Waals surface area contributed by atoms with E-state index in [4.69, 9.17) is 4.42 Å². The third kappa shape index (κ3) is 5.56. The molecule has 0 atom stereocenters. The normalized spacial score (nSPS) is 15.1. The number of benzene rings is 2. The van der Waals surface area contributed by atoms with Gasteiger partial charge < -0.3 is 9.32 Å². The van der Waals surface area contributed by atoms with Gasteiger partial charge in [-0.1, -0.05) is 59.8 Å². The second-order valence-electron chi connectivity index (χ2n) is 7.55. The number of rotatable bonds is 7. The van der Waals surface area contributed by atoms with Crippen molar-refractivity contribution >= 4 is 27.7 Å². The first-order valence-corrected chi connectivity index (χ1v) is 12.8. The number of thioether (sulfide) groups is 1. The monoisotopic (exact) mass is 472 g/mol. The van der Waals surface area contributed by atoms with E-state index in [9.17, 15) is 13.2 Å². The highest BCUT2D eigenvalue weighted by Crippen LogP contribution is 2.24. The summed E-state index contributed by atoms with van der Waals surface area (Å²) in [5.74, 6) is 0.468. The molecule has 1 aliphatic heterocycles. The smallest absolute Gasteiger partial charge is 0.277 e. The minimum atomic E-state index is -3.41. The van der Waals surface area contributed by atoms with Gasteiger partial charge in [-0.3, -0.25) is 4.79 Å². The lowest BCUT2D eigenvalue weighted by atomic mass is 10.1. The molecule has 2 heterocycles. The standard InChI is InChI=1S/C22H24N4O4S2/c1-17-6-5-9-19(14-17)21-23-24-22(30-21)31-15-20(27)25-10-12-26(13-11-25)32(28,29)16-18-7-3-2-4-8-18/h2-9,14H,10-13,15-16H2,1H3. The maximum atomic E-state index is 12.7. The highest BCUT2D eigenvalue weighted by Gasteiger charge is 2.29. The Hall–Kier alpha value is -2.69. The average molecular weight is 473 g/mol. The number of hydrogen-bond donors (Lipinski definition) is 0. The summed E-state index contributed by atoms with van der Waals surface area (Å²) in [5.41, 5.74) is 2.69. The number of amides is 1. The lowest BCUT2D eigenvalue weighted by molar-refractivity contribution is -0.129. The summed E-state index contributed by atoms with van der Waals surface area (Å²) in [5, 5.41) is 8.40. The number of carbonyl (C=O) groups excluding carboxylic acids is 1. The van der Waals surface area contributed by atoms with Crippen molar-refractivity contribution in [3.63, 3.8) is 0 Å². The van der Waals surface area contributed by atoms with E-state index in [1.54, 1.807) is 17.0 Å². The van der Waals surface area contributed by atoms with Gasteiger partial charge >= 0.3 is 0 Å². The molecule has 2 aromatic carbocycles. The zero-order chi connectivity index (χ0) is 22.6. The largest absolute Gasteiger partial charge is 0.411 e. The third-order valence-corrected chi connectivity index (χ3v) is 7.82. The number of sulfonamides is 1. The number of piperazine rings is 1. The van der Waals surface area contributed by atoms with Gasteiger partial charge in [0.1, 0.15) is 0 Å². The molecule has 32 heavy (non-hydrogen) atoms. The topological polar surface area (TPSA) is 96.6 Å². The van der Waals surface area contributed by atoms with Crippen LogP contribution in [0.3, 0.4) is 0 Å². The summed E-state index contributed by atoms with van der Waals surface area (Å²) in [6.07, 6.45) is 0. The lowest BCUT2D eigenvalue weighted by Gasteiger charge is -2.34. The van der Waals surface area contributed by atoms with E-state index in [0.717, 1.165) is 16.7 Å². The highest BCUT2D eigenvalue weighted by atomic mass is 32.2. The zero-order valence-electron chi connectivity index (χ0n) is 17.7. The van der Waals surface area contributed by atoms with Gasteiger partial charge in [-0.2, -0.15) is 4.31 Å². The second-order valence-corrected chi connectivity index (χ2v) is 10.4. The van der Waals surface area contributed by atoms with Crippen molar-refractivity contribution in [1.29, 1.82) is 0 Å². The van der Waals surface area contributed by atoms with E-state index in [1.165, 1.54) is 16.1 Å². The molecule has 4 rings (SSSR count). The molecule has 168 valence electrons. The Morgan fingerprint density at radius 1 is 1.03 bits per heavy atom. The van der Waals surface area contributed by atoms with Crippen molar-refractivity contribution in [2.24, 2.45) is 0 Å². The molecular weight excluding hydrogens is 448 g/mol. The van der Waals surface area contributed by atoms with Crippen molar-refractivity contribution in [3.05, 3.63) is 65.7 Å². The van der Waals surface area contributed by atoms with Crippen LogP contribution in [-0.4, -0.2) is 65.7 Å². The van der Waals surface area contributed by atoms with Gasteiger partial charge in [0.05, 0.1) is 11.5 Å². The second kappa shape index (κ2) is 9.85. The van der Waals surface area contributed by atoms with Crippen molar-refractivity contribution in [2.45, 2.75) is 17.9 Å². The minimum absolute atomic E-state index is 0.0297. The fourth-order valence-corrected chi connectivity index (χ4v) is 5.65. The fraction of sp³-hybridized carbons (Fsp3) is 0.318. The van der Waals surface area contributed by atoms with Gasteiger partial charge in [-0.25, -0.2) is 8.42 Å². The molecule has 3 aromatic rings. The summed E-state index contributed by atoms with van der Waals surface area (Å²) in [7, 11) is -3.41. The number of nitrogens with zero attached hydrogens (tertiary/aromatic N) is 4. The minimum Gasteiger partial charge on any atom is -0.411 e. The zero-order valence-corrected chi connectivity index (χ0v) is 19.3. The van der Waals surface area contributed by atoms with Crippen LogP contribution in [0, 0.1) is 6.92 Å². The average Bonchev–Trinajstić information content (AvgIpc) is 3.27. The highest BCUT2D eigenvalue weighted by molar-refractivity contribution is 7.99. The first-order chi connectivity index (χ1) is 15.4. The van der Waals surface area contributed by atoms with E-state index in [-0.39, 0.29) is 17.4 Å². The molecular formula is C22H24N4O4S2. The molecule has 0 unspecified atom stereocenters. The molecule has 0 bridgehead atoms. The van der Waals surface area contributed by atoms with Gasteiger partial charge in [0.25, 0.3) is 5.22 Å². The van der Waals surface area contributed by atoms with Crippen molar-refractivity contribution < 1.29 is 17.6 Å². The van der Waals surface area contributed by atoms with Gasteiger partial charge in [0.2, 0.25) is 21.8 Å². The molecule has 1 aliphatic rings. The molecule has 0 radical (unpaired) electrons. The van der Waals surface area contributed by atoms with E-state index >= 15 is 0 Å². The van der Waals surface area contributed by atoms with Gasteiger partial charge in [0.15, 0.2) is 0 Å². The predicted molar refractivity (Wildman–Crippen MR) is 122 cm³/mol. The SMILES string of the molecule is Cc1cccc(-c2nnc(SCC(=O)N3CCN(S(=O)(=O)Cc4ccccc4)CC3)o2)c1. The van der Waals surface area contributed by atoms with Crippen LogP contribution < -0.4 is 0 Å². The van der Waals surface area contributed by atoms with Crippen LogP contribution in [0.4, 0.5) is 0 Å². The maximum Gasteiger partial charge on any atom is 0.277 e. The van der Waals surface area contributed by atoms with Gasteiger partial charge in [-0.15, -0.1) is 10.2 Å². The predicted octanol–water partition coefficient (Wildman–Crippen LogP) is 2.81. The van der Waals surface area contributed by atoms with Gasteiger partial charge in [0, 0.05) is 31.7 Å². The van der Waals surface area contributed by atoms with Crippen LogP contribution in [0.1, 0.15) is 11.1 Å².